The van der Waals surface area contributed by atoms with E-state index in [0.717, 1.165) is 18.9 Å². The minimum Gasteiger partial charge on any atom is -0.494 e. The Hall–Kier alpha value is -5.54. The van der Waals surface area contributed by atoms with E-state index in [1.807, 2.05) is 10.9 Å². The molecule has 4 N–H and O–H groups in total. The number of pyridine rings is 1. The molecule has 12 nitrogen and oxygen atoms in total. The number of benzene rings is 3. The molecule has 0 radical (unpaired) electrons. The number of methoxy groups -OCH3 is 1. The van der Waals surface area contributed by atoms with Crippen molar-refractivity contribution in [1.29, 1.82) is 0 Å². The van der Waals surface area contributed by atoms with Gasteiger partial charge in [0.25, 0.3) is 5.91 Å². The number of carbonyl (C=O) groups excluding carboxylic acids is 2. The summed E-state index contributed by atoms with van der Waals surface area (Å²) in [5, 5.41) is 20.3. The van der Waals surface area contributed by atoms with E-state index < -0.39 is 47.2 Å². The Labute approximate surface area is 298 Å². The second-order valence-corrected chi connectivity index (χ2v) is 13.5. The number of amides is 2. The Bertz CT molecular complexity index is 2330. The highest BCUT2D eigenvalue weighted by Gasteiger charge is 2.48. The molecule has 1 aliphatic carbocycles. The van der Waals surface area contributed by atoms with Crippen LogP contribution in [-0.4, -0.2) is 58.2 Å². The molecule has 2 amide bonds. The fourth-order valence-electron chi connectivity index (χ4n) is 6.48. The lowest BCUT2D eigenvalue weighted by Gasteiger charge is -2.30. The number of aromatic nitrogens is 3. The van der Waals surface area contributed by atoms with Crippen molar-refractivity contribution in [3.8, 4) is 34.3 Å². The predicted molar refractivity (Wildman–Crippen MR) is 179 cm³/mol. The number of hydrogen-bond donors (Lipinski definition) is 3. The molecule has 8 rings (SSSR count). The van der Waals surface area contributed by atoms with Gasteiger partial charge >= 0.3 is 6.29 Å². The molecule has 0 saturated heterocycles. The minimum absolute atomic E-state index is 0.0129. The number of alkyl halides is 2. The van der Waals surface area contributed by atoms with Crippen LogP contribution >= 0.6 is 11.6 Å². The van der Waals surface area contributed by atoms with Crippen LogP contribution in [0, 0.1) is 5.82 Å². The Morgan fingerprint density at radius 1 is 1.15 bits per heavy atom. The molecule has 1 saturated carbocycles. The Kier molecular flexibility index (Phi) is 7.59. The summed E-state index contributed by atoms with van der Waals surface area (Å²) in [6, 6.07) is 12.4. The van der Waals surface area contributed by atoms with Crippen molar-refractivity contribution in [2.24, 2.45) is 5.73 Å². The van der Waals surface area contributed by atoms with Gasteiger partial charge in [-0.2, -0.15) is 5.10 Å². The number of ether oxygens (including phenoxy) is 4. The van der Waals surface area contributed by atoms with Gasteiger partial charge in [0, 0.05) is 28.3 Å². The third-order valence-corrected chi connectivity index (χ3v) is 9.98. The fraction of sp³-hybridized carbons (Fsp3) is 0.278. The number of nitrogens with zero attached hydrogens (tertiary/aromatic N) is 3. The highest BCUT2D eigenvalue weighted by Crippen LogP contribution is 2.53. The molecule has 16 heteroatoms. The molecular formula is C36H29ClF3N5O7. The average Bonchev–Trinajstić information content (AvgIpc) is 3.65. The van der Waals surface area contributed by atoms with Gasteiger partial charge in [-0.1, -0.05) is 23.7 Å². The van der Waals surface area contributed by atoms with Crippen molar-refractivity contribution >= 4 is 34.3 Å². The highest BCUT2D eigenvalue weighted by molar-refractivity contribution is 6.35. The van der Waals surface area contributed by atoms with Crippen molar-refractivity contribution in [1.82, 2.24) is 20.1 Å². The van der Waals surface area contributed by atoms with Crippen LogP contribution < -0.4 is 30.0 Å². The molecule has 0 spiro atoms. The van der Waals surface area contributed by atoms with Gasteiger partial charge in [0.2, 0.25) is 5.91 Å². The van der Waals surface area contributed by atoms with Gasteiger partial charge in [0.1, 0.15) is 46.1 Å². The number of carbonyl (C=O) groups is 2. The zero-order valence-corrected chi connectivity index (χ0v) is 28.3. The van der Waals surface area contributed by atoms with Crippen LogP contribution in [0.1, 0.15) is 53.0 Å². The first-order chi connectivity index (χ1) is 24.7. The van der Waals surface area contributed by atoms with Gasteiger partial charge in [-0.05, 0) is 67.8 Å². The number of halogens is 4. The first kappa shape index (κ1) is 33.6. The number of nitrogens with one attached hydrogen (secondary N) is 1. The van der Waals surface area contributed by atoms with E-state index in [-0.39, 0.29) is 62.8 Å². The van der Waals surface area contributed by atoms with Gasteiger partial charge in [0.15, 0.2) is 11.5 Å². The monoisotopic (exact) mass is 735 g/mol. The summed E-state index contributed by atoms with van der Waals surface area (Å²) < 4.78 is 65.3. The second-order valence-electron chi connectivity index (χ2n) is 13.1. The number of rotatable bonds is 9. The molecule has 2 atom stereocenters. The van der Waals surface area contributed by atoms with Gasteiger partial charge in [-0.3, -0.25) is 14.3 Å². The quantitative estimate of drug-likeness (QED) is 0.181. The van der Waals surface area contributed by atoms with Crippen molar-refractivity contribution < 1.29 is 46.8 Å². The van der Waals surface area contributed by atoms with Crippen molar-refractivity contribution in [3.63, 3.8) is 0 Å². The smallest absolute Gasteiger partial charge is 0.494 e. The van der Waals surface area contributed by atoms with Gasteiger partial charge in [-0.15, -0.1) is 8.78 Å². The lowest BCUT2D eigenvalue weighted by Crippen LogP contribution is -2.43. The zero-order chi connectivity index (χ0) is 36.7. The summed E-state index contributed by atoms with van der Waals surface area (Å²) in [5.41, 5.74) is 2.82. The highest BCUT2D eigenvalue weighted by atomic mass is 35.5. The van der Waals surface area contributed by atoms with Crippen LogP contribution in [0.2, 0.25) is 5.02 Å². The molecule has 52 heavy (non-hydrogen) atoms. The first-order valence-corrected chi connectivity index (χ1v) is 16.5. The lowest BCUT2D eigenvalue weighted by molar-refractivity contribution is -0.286. The molecule has 5 aromatic rings. The van der Waals surface area contributed by atoms with E-state index in [4.69, 9.17) is 26.8 Å². The molecule has 2 aliphatic heterocycles. The average molecular weight is 736 g/mol. The predicted octanol–water partition coefficient (Wildman–Crippen LogP) is 5.36. The SMILES string of the molecule is COc1cc(C(=O)NC[C@@](O)(c2cccc(F)c2)c2cc3c(c(-c4ccc5c(c4Cl)OC(F)(F)O5)n2)OC[C@]3(C)C(N)=O)cc2cn(C3CC3)nc12. The summed E-state index contributed by atoms with van der Waals surface area (Å²) in [6.07, 6.45) is -0.138. The van der Waals surface area contributed by atoms with Crippen LogP contribution in [0.3, 0.4) is 0 Å². The van der Waals surface area contributed by atoms with E-state index in [1.54, 1.807) is 6.07 Å². The Morgan fingerprint density at radius 2 is 1.94 bits per heavy atom. The van der Waals surface area contributed by atoms with Crippen molar-refractivity contribution in [2.75, 3.05) is 20.3 Å². The maximum Gasteiger partial charge on any atom is 0.586 e. The van der Waals surface area contributed by atoms with E-state index in [2.05, 4.69) is 24.9 Å². The van der Waals surface area contributed by atoms with E-state index in [1.165, 1.54) is 56.5 Å². The van der Waals surface area contributed by atoms with Gasteiger partial charge in [-0.25, -0.2) is 9.37 Å². The number of aliphatic hydroxyl groups is 1. The topological polar surface area (TPSA) is 160 Å². The van der Waals surface area contributed by atoms with E-state index >= 15 is 0 Å². The Morgan fingerprint density at radius 3 is 2.65 bits per heavy atom. The van der Waals surface area contributed by atoms with Gasteiger partial charge < -0.3 is 35.1 Å². The van der Waals surface area contributed by atoms with Gasteiger partial charge in [0.05, 0.1) is 30.4 Å². The fourth-order valence-corrected chi connectivity index (χ4v) is 6.76. The summed E-state index contributed by atoms with van der Waals surface area (Å²) in [4.78, 5) is 31.3. The third kappa shape index (κ3) is 5.42. The standard InChI is InChI=1S/C36H29ClF3N5O7/c1-34(33(41)47)16-50-30-23(34)13-26(43-29(30)22-8-9-24-31(27(22)37)52-36(39,40)51-24)35(48,19-4-3-5-20(38)12-19)15-42-32(46)17-10-18-14-45(21-6-7-21)44-28(18)25(11-17)49-2/h3-5,8-14,21,48H,6-7,15-16H2,1-2H3,(H2,41,47)(H,42,46)/t34-,35+/m0/s1. The van der Waals surface area contributed by atoms with Crippen molar-refractivity contribution in [3.05, 3.63) is 94.0 Å². The first-order valence-electron chi connectivity index (χ1n) is 16.1. The maximum atomic E-state index is 14.8. The maximum absolute atomic E-state index is 14.8. The van der Waals surface area contributed by atoms with Crippen LogP contribution in [0.25, 0.3) is 22.2 Å². The molecule has 0 bridgehead atoms. The summed E-state index contributed by atoms with van der Waals surface area (Å²) >= 11 is 6.60. The molecular weight excluding hydrogens is 707 g/mol. The molecule has 3 aromatic carbocycles. The van der Waals surface area contributed by atoms with E-state index in [9.17, 15) is 27.9 Å². The Balaban J connectivity index is 1.25. The van der Waals surface area contributed by atoms with Crippen molar-refractivity contribution in [2.45, 2.75) is 43.1 Å². The molecule has 4 heterocycles. The second kappa shape index (κ2) is 11.7. The lowest BCUT2D eigenvalue weighted by atomic mass is 9.80. The summed E-state index contributed by atoms with van der Waals surface area (Å²) in [7, 11) is 1.47. The third-order valence-electron chi connectivity index (χ3n) is 9.61. The molecule has 1 fully saturated rings. The van der Waals surface area contributed by atoms with E-state index in [0.29, 0.717) is 16.7 Å². The molecule has 3 aliphatic rings. The van der Waals surface area contributed by atoms with Crippen LogP contribution in [0.5, 0.6) is 23.0 Å². The number of fused-ring (bicyclic) bond motifs is 3. The van der Waals surface area contributed by atoms with Crippen LogP contribution in [0.15, 0.2) is 60.8 Å². The summed E-state index contributed by atoms with van der Waals surface area (Å²) in [5.74, 6) is -2.47. The summed E-state index contributed by atoms with van der Waals surface area (Å²) in [6.45, 7) is 0.735. The largest absolute Gasteiger partial charge is 0.586 e. The molecule has 2 aromatic heterocycles. The minimum atomic E-state index is -3.98. The normalized spacial score (nSPS) is 19.5. The molecule has 268 valence electrons. The van der Waals surface area contributed by atoms with Crippen LogP contribution in [-0.2, 0) is 15.8 Å². The van der Waals surface area contributed by atoms with Crippen LogP contribution in [0.4, 0.5) is 13.2 Å². The number of primary amides is 1. The zero-order valence-electron chi connectivity index (χ0n) is 27.5. The molecule has 0 unspecified atom stereocenters. The number of nitrogens with two attached hydrogens (primary N) is 1. The number of hydrogen-bond acceptors (Lipinski definition) is 9.